The highest BCUT2D eigenvalue weighted by molar-refractivity contribution is 14.1. The molecule has 0 fully saturated rings. The molecule has 2 amide bonds. The summed E-state index contributed by atoms with van der Waals surface area (Å²) in [5, 5.41) is 5.57. The van der Waals surface area contributed by atoms with Crippen LogP contribution in [0, 0.1) is 0 Å². The summed E-state index contributed by atoms with van der Waals surface area (Å²) in [5.74, 6) is -0.163. The van der Waals surface area contributed by atoms with Gasteiger partial charge in [-0.2, -0.15) is 0 Å². The summed E-state index contributed by atoms with van der Waals surface area (Å²) in [6.45, 7) is 4.56. The first-order chi connectivity index (χ1) is 19.1. The Hall–Kier alpha value is -0.820. The number of carbonyl (C=O) groups is 3. The summed E-state index contributed by atoms with van der Waals surface area (Å²) >= 11 is 2.46. The van der Waals surface area contributed by atoms with Crippen molar-refractivity contribution in [2.24, 2.45) is 0 Å². The lowest BCUT2D eigenvalue weighted by Gasteiger charge is -2.08. The minimum atomic E-state index is -0.220. The van der Waals surface area contributed by atoms with Crippen molar-refractivity contribution >= 4 is 40.2 Å². The van der Waals surface area contributed by atoms with E-state index < -0.39 is 0 Å². The first-order valence-corrected chi connectivity index (χ1v) is 16.5. The van der Waals surface area contributed by atoms with Crippen LogP contribution in [0.1, 0.15) is 96.8 Å². The van der Waals surface area contributed by atoms with Gasteiger partial charge in [0.15, 0.2) is 5.78 Å². The number of alkyl halides is 1. The minimum Gasteiger partial charge on any atom is -0.377 e. The van der Waals surface area contributed by atoms with Crippen LogP contribution in [-0.2, 0) is 33.3 Å². The van der Waals surface area contributed by atoms with Gasteiger partial charge in [0.1, 0.15) is 13.2 Å². The molecule has 0 atom stereocenters. The molecule has 0 unspecified atom stereocenters. The maximum Gasteiger partial charge on any atom is 0.246 e. The van der Waals surface area contributed by atoms with E-state index in [4.69, 9.17) is 18.9 Å². The van der Waals surface area contributed by atoms with Crippen molar-refractivity contribution in [3.05, 3.63) is 0 Å². The van der Waals surface area contributed by atoms with Gasteiger partial charge in [0.25, 0.3) is 0 Å². The third-order valence-electron chi connectivity index (χ3n) is 5.96. The van der Waals surface area contributed by atoms with Crippen LogP contribution >= 0.6 is 22.6 Å². The van der Waals surface area contributed by atoms with Crippen molar-refractivity contribution in [2.75, 3.05) is 70.4 Å². The average molecular weight is 671 g/mol. The predicted octanol–water partition coefficient (Wildman–Crippen LogP) is 4.77. The molecular formula is C29H55IN2O7. The molecule has 0 aromatic carbocycles. The number of hydrogen-bond acceptors (Lipinski definition) is 7. The summed E-state index contributed by atoms with van der Waals surface area (Å²) < 4.78 is 22.4. The number of halogens is 1. The van der Waals surface area contributed by atoms with Gasteiger partial charge in [0.2, 0.25) is 11.8 Å². The Balaban J connectivity index is 3.26. The smallest absolute Gasteiger partial charge is 0.246 e. The van der Waals surface area contributed by atoms with Crippen LogP contribution < -0.4 is 10.6 Å². The van der Waals surface area contributed by atoms with E-state index in [-0.39, 0.29) is 30.8 Å². The molecule has 0 saturated heterocycles. The lowest BCUT2D eigenvalue weighted by atomic mass is 10.0. The molecule has 0 saturated carbocycles. The van der Waals surface area contributed by atoms with E-state index in [0.717, 1.165) is 12.8 Å². The Labute approximate surface area is 250 Å². The monoisotopic (exact) mass is 670 g/mol. The van der Waals surface area contributed by atoms with Crippen LogP contribution in [0.4, 0.5) is 0 Å². The number of Topliss-reactive ketones (excluding diaryl/α,β-unsaturated/α-hetero) is 1. The van der Waals surface area contributed by atoms with Gasteiger partial charge in [-0.1, -0.05) is 93.2 Å². The van der Waals surface area contributed by atoms with E-state index in [1.807, 2.05) is 0 Å². The second kappa shape index (κ2) is 31.7. The SMILES string of the molecule is CC(=O)COCCOCCNC(=O)COCCOCCNC(=O)CCCCCCCCCCCCCCCI. The van der Waals surface area contributed by atoms with Crippen LogP contribution in [0.2, 0.25) is 0 Å². The van der Waals surface area contributed by atoms with Gasteiger partial charge in [0.05, 0.1) is 39.6 Å². The summed E-state index contributed by atoms with van der Waals surface area (Å²) in [5.41, 5.74) is 0. The van der Waals surface area contributed by atoms with Gasteiger partial charge in [0, 0.05) is 19.5 Å². The quantitative estimate of drug-likeness (QED) is 0.0621. The highest BCUT2D eigenvalue weighted by Crippen LogP contribution is 2.13. The molecule has 0 aromatic heterocycles. The molecule has 0 radical (unpaired) electrons. The van der Waals surface area contributed by atoms with Gasteiger partial charge in [-0.15, -0.1) is 0 Å². The van der Waals surface area contributed by atoms with Crippen molar-refractivity contribution < 1.29 is 33.3 Å². The average Bonchev–Trinajstić information content (AvgIpc) is 2.91. The van der Waals surface area contributed by atoms with E-state index in [2.05, 4.69) is 33.2 Å². The highest BCUT2D eigenvalue weighted by atomic mass is 127. The summed E-state index contributed by atoms with van der Waals surface area (Å²) in [6.07, 6.45) is 17.6. The van der Waals surface area contributed by atoms with Gasteiger partial charge in [-0.25, -0.2) is 0 Å². The second-order valence-corrected chi connectivity index (χ2v) is 10.8. The van der Waals surface area contributed by atoms with Gasteiger partial charge in [-0.05, 0) is 24.2 Å². The Morgan fingerprint density at radius 3 is 1.41 bits per heavy atom. The normalized spacial score (nSPS) is 11.0. The van der Waals surface area contributed by atoms with E-state index in [9.17, 15) is 14.4 Å². The minimum absolute atomic E-state index is 0.0232. The molecular weight excluding hydrogens is 615 g/mol. The summed E-state index contributed by atoms with van der Waals surface area (Å²) in [7, 11) is 0. The lowest BCUT2D eigenvalue weighted by Crippen LogP contribution is -2.31. The molecule has 0 heterocycles. The van der Waals surface area contributed by atoms with Crippen molar-refractivity contribution in [3.63, 3.8) is 0 Å². The predicted molar refractivity (Wildman–Crippen MR) is 164 cm³/mol. The molecule has 230 valence electrons. The first kappa shape index (κ1) is 38.2. The van der Waals surface area contributed by atoms with E-state index in [1.54, 1.807) is 0 Å². The fourth-order valence-electron chi connectivity index (χ4n) is 3.81. The number of amides is 2. The Morgan fingerprint density at radius 1 is 0.513 bits per heavy atom. The second-order valence-electron chi connectivity index (χ2n) is 9.77. The number of ether oxygens (including phenoxy) is 4. The topological polar surface area (TPSA) is 112 Å². The molecule has 2 N–H and O–H groups in total. The Kier molecular flexibility index (Phi) is 31.0. The fraction of sp³-hybridized carbons (Fsp3) is 0.897. The largest absolute Gasteiger partial charge is 0.377 e. The van der Waals surface area contributed by atoms with Crippen LogP contribution in [0.25, 0.3) is 0 Å². The number of ketones is 1. The van der Waals surface area contributed by atoms with Crippen molar-refractivity contribution in [1.29, 1.82) is 0 Å². The standard InChI is InChI=1S/C29H55IN2O7/c1-27(33)25-38-23-21-37-20-18-32-29(35)26-39-24-22-36-19-17-31-28(34)15-13-11-9-7-5-3-2-4-6-8-10-12-14-16-30/h2-26H2,1H3,(H,31,34)(H,32,35). The Bertz CT molecular complexity index is 582. The van der Waals surface area contributed by atoms with Crippen LogP contribution in [0.3, 0.4) is 0 Å². The third kappa shape index (κ3) is 33.3. The maximum atomic E-state index is 11.9. The van der Waals surface area contributed by atoms with Crippen molar-refractivity contribution in [3.8, 4) is 0 Å². The van der Waals surface area contributed by atoms with Crippen LogP contribution in [0.5, 0.6) is 0 Å². The van der Waals surface area contributed by atoms with Crippen molar-refractivity contribution in [1.82, 2.24) is 10.6 Å². The third-order valence-corrected chi connectivity index (χ3v) is 6.72. The first-order valence-electron chi connectivity index (χ1n) is 15.0. The fourth-order valence-corrected chi connectivity index (χ4v) is 4.35. The molecule has 0 rings (SSSR count). The molecule has 0 aromatic rings. The molecule has 0 aliphatic carbocycles. The summed E-state index contributed by atoms with van der Waals surface area (Å²) in [4.78, 5) is 34.3. The highest BCUT2D eigenvalue weighted by Gasteiger charge is 2.03. The maximum absolute atomic E-state index is 11.9. The van der Waals surface area contributed by atoms with Crippen molar-refractivity contribution in [2.45, 2.75) is 96.8 Å². The Morgan fingerprint density at radius 2 is 0.923 bits per heavy atom. The molecule has 39 heavy (non-hydrogen) atoms. The lowest BCUT2D eigenvalue weighted by molar-refractivity contribution is -0.127. The molecule has 0 aliphatic rings. The van der Waals surface area contributed by atoms with Crippen LogP contribution in [0.15, 0.2) is 0 Å². The van der Waals surface area contributed by atoms with Gasteiger partial charge in [-0.3, -0.25) is 14.4 Å². The van der Waals surface area contributed by atoms with E-state index >= 15 is 0 Å². The zero-order chi connectivity index (χ0) is 28.7. The van der Waals surface area contributed by atoms with E-state index in [1.165, 1.54) is 82.0 Å². The van der Waals surface area contributed by atoms with Gasteiger partial charge >= 0.3 is 0 Å². The number of unbranched alkanes of at least 4 members (excludes halogenated alkanes) is 12. The molecule has 0 bridgehead atoms. The summed E-state index contributed by atoms with van der Waals surface area (Å²) in [6, 6.07) is 0. The molecule has 9 nitrogen and oxygen atoms in total. The molecule has 0 aliphatic heterocycles. The van der Waals surface area contributed by atoms with E-state index in [0.29, 0.717) is 59.2 Å². The van der Waals surface area contributed by atoms with Crippen LogP contribution in [-0.4, -0.2) is 88.0 Å². The molecule has 0 spiro atoms. The van der Waals surface area contributed by atoms with Gasteiger partial charge < -0.3 is 29.6 Å². The number of nitrogens with one attached hydrogen (secondary N) is 2. The zero-order valence-electron chi connectivity index (χ0n) is 24.4. The number of hydrogen-bond donors (Lipinski definition) is 2. The number of carbonyl (C=O) groups excluding carboxylic acids is 3. The zero-order valence-corrected chi connectivity index (χ0v) is 26.6. The number of rotatable bonds is 31. The molecule has 10 heteroatoms.